The van der Waals surface area contributed by atoms with Gasteiger partial charge in [-0.15, -0.1) is 0 Å². The maximum Gasteiger partial charge on any atom is 0.324 e. The van der Waals surface area contributed by atoms with Gasteiger partial charge in [-0.05, 0) is 13.8 Å². The summed E-state index contributed by atoms with van der Waals surface area (Å²) >= 11 is 0. The van der Waals surface area contributed by atoms with E-state index in [2.05, 4.69) is 10.5 Å². The lowest BCUT2D eigenvalue weighted by molar-refractivity contribution is 0.0822. The molecule has 6 heteroatoms. The zero-order valence-electron chi connectivity index (χ0n) is 8.90. The van der Waals surface area contributed by atoms with Crippen LogP contribution in [0.25, 0.3) is 0 Å². The average Bonchev–Trinajstić information content (AvgIpc) is 2.63. The third-order valence-electron chi connectivity index (χ3n) is 1.78. The second-order valence-corrected chi connectivity index (χ2v) is 3.02. The Bertz CT molecular complexity index is 372. The quantitative estimate of drug-likeness (QED) is 0.784. The molecule has 0 atom stereocenters. The fourth-order valence-electron chi connectivity index (χ4n) is 1.00. The third-order valence-corrected chi connectivity index (χ3v) is 1.78. The first-order chi connectivity index (χ1) is 7.06. The van der Waals surface area contributed by atoms with Crippen LogP contribution in [-0.2, 0) is 0 Å². The van der Waals surface area contributed by atoms with Crippen molar-refractivity contribution in [2.45, 2.75) is 13.8 Å². The van der Waals surface area contributed by atoms with E-state index >= 15 is 0 Å². The second kappa shape index (κ2) is 4.59. The fourth-order valence-corrected chi connectivity index (χ4v) is 1.00. The molecule has 0 radical (unpaired) electrons. The number of aromatic nitrogens is 1. The summed E-state index contributed by atoms with van der Waals surface area (Å²) in [5.41, 5.74) is 0.126. The van der Waals surface area contributed by atoms with Crippen LogP contribution in [0.1, 0.15) is 23.2 Å². The molecule has 0 saturated heterocycles. The number of imide groups is 1. The zero-order valence-corrected chi connectivity index (χ0v) is 8.90. The maximum atomic E-state index is 11.6. The molecule has 0 unspecified atom stereocenters. The van der Waals surface area contributed by atoms with E-state index in [0.717, 1.165) is 4.90 Å². The Morgan fingerprint density at radius 3 is 2.73 bits per heavy atom. The number of urea groups is 1. The lowest BCUT2D eigenvalue weighted by Gasteiger charge is -2.13. The molecule has 3 amide bonds. The number of hydrogen-bond donors (Lipinski definition) is 1. The number of nitrogens with zero attached hydrogens (tertiary/aromatic N) is 2. The van der Waals surface area contributed by atoms with Gasteiger partial charge in [-0.1, -0.05) is 5.16 Å². The lowest BCUT2D eigenvalue weighted by atomic mass is 10.3. The first kappa shape index (κ1) is 11.2. The Balaban J connectivity index is 2.72. The van der Waals surface area contributed by atoms with E-state index in [1.165, 1.54) is 13.1 Å². The molecule has 0 aliphatic heterocycles. The van der Waals surface area contributed by atoms with Crippen LogP contribution in [-0.4, -0.2) is 35.6 Å². The van der Waals surface area contributed by atoms with Crippen LogP contribution in [0, 0.1) is 6.92 Å². The normalized spacial score (nSPS) is 9.80. The number of rotatable bonds is 2. The first-order valence-electron chi connectivity index (χ1n) is 4.55. The van der Waals surface area contributed by atoms with Gasteiger partial charge in [0.1, 0.15) is 5.76 Å². The summed E-state index contributed by atoms with van der Waals surface area (Å²) in [5, 5.41) is 6.04. The van der Waals surface area contributed by atoms with Gasteiger partial charge in [0.15, 0.2) is 5.69 Å². The minimum atomic E-state index is -0.488. The zero-order chi connectivity index (χ0) is 11.4. The Kier molecular flexibility index (Phi) is 3.43. The summed E-state index contributed by atoms with van der Waals surface area (Å²) in [6.45, 7) is 3.92. The van der Waals surface area contributed by atoms with Gasteiger partial charge in [0, 0.05) is 19.7 Å². The van der Waals surface area contributed by atoms with Gasteiger partial charge in [0.05, 0.1) is 0 Å². The monoisotopic (exact) mass is 211 g/mol. The van der Waals surface area contributed by atoms with Crippen LogP contribution in [0.5, 0.6) is 0 Å². The van der Waals surface area contributed by atoms with Crippen molar-refractivity contribution in [3.05, 3.63) is 17.5 Å². The summed E-state index contributed by atoms with van der Waals surface area (Å²) in [6, 6.07) is 1.03. The summed E-state index contributed by atoms with van der Waals surface area (Å²) in [7, 11) is 1.39. The number of carbonyl (C=O) groups excluding carboxylic acids is 2. The smallest absolute Gasteiger partial charge is 0.324 e. The number of hydrogen-bond acceptors (Lipinski definition) is 4. The first-order valence-corrected chi connectivity index (χ1v) is 4.55. The average molecular weight is 211 g/mol. The molecule has 0 spiro atoms. The Hall–Kier alpha value is -1.85. The molecule has 0 aliphatic rings. The van der Waals surface area contributed by atoms with Crippen molar-refractivity contribution in [1.29, 1.82) is 0 Å². The fraction of sp³-hybridized carbons (Fsp3) is 0.444. The van der Waals surface area contributed by atoms with Crippen molar-refractivity contribution in [3.8, 4) is 0 Å². The molecule has 1 aromatic rings. The maximum absolute atomic E-state index is 11.6. The Labute approximate surface area is 87.2 Å². The van der Waals surface area contributed by atoms with E-state index in [0.29, 0.717) is 12.3 Å². The van der Waals surface area contributed by atoms with Crippen molar-refractivity contribution in [2.75, 3.05) is 13.6 Å². The van der Waals surface area contributed by atoms with Crippen LogP contribution < -0.4 is 5.32 Å². The van der Waals surface area contributed by atoms with Gasteiger partial charge < -0.3 is 9.84 Å². The molecule has 82 valence electrons. The minimum absolute atomic E-state index is 0.126. The van der Waals surface area contributed by atoms with E-state index < -0.39 is 11.9 Å². The Morgan fingerprint density at radius 1 is 1.60 bits per heavy atom. The molecule has 1 aromatic heterocycles. The van der Waals surface area contributed by atoms with Crippen LogP contribution in [0.2, 0.25) is 0 Å². The number of carbonyl (C=O) groups is 2. The van der Waals surface area contributed by atoms with E-state index in [4.69, 9.17) is 4.52 Å². The van der Waals surface area contributed by atoms with Gasteiger partial charge in [-0.3, -0.25) is 9.69 Å². The van der Waals surface area contributed by atoms with Gasteiger partial charge in [-0.2, -0.15) is 0 Å². The molecule has 1 N–H and O–H groups in total. The highest BCUT2D eigenvalue weighted by atomic mass is 16.5. The number of nitrogens with one attached hydrogen (secondary N) is 1. The molecular weight excluding hydrogens is 198 g/mol. The van der Waals surface area contributed by atoms with Crippen molar-refractivity contribution >= 4 is 11.9 Å². The third kappa shape index (κ3) is 2.55. The van der Waals surface area contributed by atoms with Crippen molar-refractivity contribution in [1.82, 2.24) is 15.4 Å². The van der Waals surface area contributed by atoms with Gasteiger partial charge in [0.25, 0.3) is 5.91 Å². The molecule has 6 nitrogen and oxygen atoms in total. The molecular formula is C9H13N3O3. The molecule has 0 fully saturated rings. The van der Waals surface area contributed by atoms with Crippen LogP contribution in [0.3, 0.4) is 0 Å². The van der Waals surface area contributed by atoms with Crippen LogP contribution in [0.4, 0.5) is 4.79 Å². The van der Waals surface area contributed by atoms with Gasteiger partial charge in [0.2, 0.25) is 0 Å². The number of aryl methyl sites for hydroxylation is 1. The largest absolute Gasteiger partial charge is 0.361 e. The lowest BCUT2D eigenvalue weighted by Crippen LogP contribution is -2.41. The molecule has 0 saturated carbocycles. The molecule has 1 rings (SSSR count). The second-order valence-electron chi connectivity index (χ2n) is 3.02. The van der Waals surface area contributed by atoms with Crippen molar-refractivity contribution in [2.24, 2.45) is 0 Å². The minimum Gasteiger partial charge on any atom is -0.361 e. The van der Waals surface area contributed by atoms with Crippen LogP contribution in [0.15, 0.2) is 10.6 Å². The summed E-state index contributed by atoms with van der Waals surface area (Å²) in [4.78, 5) is 23.9. The van der Waals surface area contributed by atoms with Crippen molar-refractivity contribution < 1.29 is 14.1 Å². The van der Waals surface area contributed by atoms with E-state index in [1.807, 2.05) is 0 Å². The Morgan fingerprint density at radius 2 is 2.27 bits per heavy atom. The number of amides is 3. The molecule has 0 aromatic carbocycles. The van der Waals surface area contributed by atoms with Gasteiger partial charge >= 0.3 is 6.03 Å². The standard InChI is InChI=1S/C9H13N3O3/c1-4-10-9(14)12(3)8(13)7-5-6(2)15-11-7/h5H,4H2,1-3H3,(H,10,14). The highest BCUT2D eigenvalue weighted by molar-refractivity contribution is 6.02. The summed E-state index contributed by atoms with van der Waals surface area (Å²) < 4.78 is 4.75. The van der Waals surface area contributed by atoms with Crippen molar-refractivity contribution in [3.63, 3.8) is 0 Å². The van der Waals surface area contributed by atoms with E-state index in [9.17, 15) is 9.59 Å². The highest BCUT2D eigenvalue weighted by Crippen LogP contribution is 2.04. The predicted molar refractivity (Wildman–Crippen MR) is 52.4 cm³/mol. The topological polar surface area (TPSA) is 75.4 Å². The molecule has 15 heavy (non-hydrogen) atoms. The SMILES string of the molecule is CCNC(=O)N(C)C(=O)c1cc(C)on1. The highest BCUT2D eigenvalue weighted by Gasteiger charge is 2.20. The summed E-state index contributed by atoms with van der Waals surface area (Å²) in [5.74, 6) is 0.0421. The van der Waals surface area contributed by atoms with Gasteiger partial charge in [-0.25, -0.2) is 4.79 Å². The van der Waals surface area contributed by atoms with Crippen LogP contribution >= 0.6 is 0 Å². The predicted octanol–water partition coefficient (Wildman–Crippen LogP) is 0.785. The van der Waals surface area contributed by atoms with E-state index in [-0.39, 0.29) is 5.69 Å². The molecule has 0 bridgehead atoms. The molecule has 1 heterocycles. The molecule has 0 aliphatic carbocycles. The van der Waals surface area contributed by atoms with E-state index in [1.54, 1.807) is 13.8 Å². The summed E-state index contributed by atoms with van der Waals surface area (Å²) in [6.07, 6.45) is 0.